The van der Waals surface area contributed by atoms with Gasteiger partial charge in [-0.3, -0.25) is 19.6 Å². The molecular weight excluding hydrogens is 390 g/mol. The summed E-state index contributed by atoms with van der Waals surface area (Å²) in [6.07, 6.45) is 6.19. The van der Waals surface area contributed by atoms with Crippen LogP contribution in [0.15, 0.2) is 42.6 Å². The highest BCUT2D eigenvalue weighted by Gasteiger charge is 2.33. The largest absolute Gasteiger partial charge is 0.497 e. The van der Waals surface area contributed by atoms with Gasteiger partial charge in [0.2, 0.25) is 0 Å². The second kappa shape index (κ2) is 10.2. The Bertz CT molecular complexity index is 866. The molecule has 6 heteroatoms. The zero-order valence-corrected chi connectivity index (χ0v) is 18.6. The number of ketones is 1. The molecule has 0 N–H and O–H groups in total. The molecule has 0 aliphatic carbocycles. The highest BCUT2D eigenvalue weighted by Crippen LogP contribution is 2.31. The van der Waals surface area contributed by atoms with Crippen molar-refractivity contribution in [1.82, 2.24) is 14.8 Å². The number of Topliss-reactive ketones (excluding diaryl/α,β-unsaturated/α-hetero) is 1. The van der Waals surface area contributed by atoms with Crippen LogP contribution >= 0.6 is 0 Å². The van der Waals surface area contributed by atoms with E-state index in [4.69, 9.17) is 9.47 Å². The number of likely N-dealkylation sites (tertiary alicyclic amines) is 2. The molecule has 2 aliphatic heterocycles. The van der Waals surface area contributed by atoms with E-state index in [-0.39, 0.29) is 11.7 Å². The van der Waals surface area contributed by atoms with Gasteiger partial charge >= 0.3 is 0 Å². The summed E-state index contributed by atoms with van der Waals surface area (Å²) in [4.78, 5) is 22.8. The maximum Gasteiger partial charge on any atom is 0.170 e. The number of carbonyl (C=O) groups is 1. The van der Waals surface area contributed by atoms with Crippen molar-refractivity contribution in [2.75, 3.05) is 40.4 Å². The van der Waals surface area contributed by atoms with Crippen LogP contribution in [0.1, 0.15) is 41.7 Å². The highest BCUT2D eigenvalue weighted by atomic mass is 16.5. The second-order valence-corrected chi connectivity index (χ2v) is 8.59. The molecule has 1 aromatic carbocycles. The van der Waals surface area contributed by atoms with E-state index in [0.717, 1.165) is 64.1 Å². The third-order valence-corrected chi connectivity index (χ3v) is 6.68. The molecule has 2 aliphatic rings. The van der Waals surface area contributed by atoms with Crippen molar-refractivity contribution in [3.05, 3.63) is 53.9 Å². The van der Waals surface area contributed by atoms with Crippen LogP contribution in [0.25, 0.3) is 0 Å². The van der Waals surface area contributed by atoms with E-state index in [1.165, 1.54) is 0 Å². The molecule has 0 saturated carbocycles. The van der Waals surface area contributed by atoms with Gasteiger partial charge in [-0.05, 0) is 56.5 Å². The van der Waals surface area contributed by atoms with E-state index in [9.17, 15) is 4.79 Å². The standard InChI is InChI=1S/C25H33N3O3/c1-30-22-8-9-23(24(16-22)31-2)25(29)19-6-5-13-28(17-19)21-10-14-27(15-11-21)18-20-7-3-4-12-26-20/h3-4,7-9,12,16,19,21H,5-6,10-11,13-15,17-18H2,1-2H3/t19-/m1/s1. The third kappa shape index (κ3) is 5.25. The molecule has 4 rings (SSSR count). The smallest absolute Gasteiger partial charge is 0.170 e. The quantitative estimate of drug-likeness (QED) is 0.634. The van der Waals surface area contributed by atoms with Crippen LogP contribution in [0.4, 0.5) is 0 Å². The summed E-state index contributed by atoms with van der Waals surface area (Å²) in [5.74, 6) is 1.53. The van der Waals surface area contributed by atoms with E-state index in [0.29, 0.717) is 23.1 Å². The normalized spacial score (nSPS) is 21.0. The van der Waals surface area contributed by atoms with Gasteiger partial charge in [0.1, 0.15) is 11.5 Å². The fourth-order valence-electron chi connectivity index (χ4n) is 4.94. The number of methoxy groups -OCH3 is 2. The number of aromatic nitrogens is 1. The topological polar surface area (TPSA) is 54.9 Å². The zero-order chi connectivity index (χ0) is 21.6. The van der Waals surface area contributed by atoms with Crippen LogP contribution in [-0.2, 0) is 6.54 Å². The van der Waals surface area contributed by atoms with Crippen molar-refractivity contribution >= 4 is 5.78 Å². The van der Waals surface area contributed by atoms with E-state index in [2.05, 4.69) is 26.9 Å². The van der Waals surface area contributed by atoms with Crippen molar-refractivity contribution in [2.24, 2.45) is 5.92 Å². The fraction of sp³-hybridized carbons (Fsp3) is 0.520. The lowest BCUT2D eigenvalue weighted by Gasteiger charge is -2.42. The monoisotopic (exact) mass is 423 g/mol. The average Bonchev–Trinajstić information content (AvgIpc) is 2.84. The maximum absolute atomic E-state index is 13.3. The number of piperidine rings is 2. The van der Waals surface area contributed by atoms with Crippen LogP contribution in [0.5, 0.6) is 11.5 Å². The minimum atomic E-state index is 0.0302. The number of ether oxygens (including phenoxy) is 2. The van der Waals surface area contributed by atoms with Crippen LogP contribution in [-0.4, -0.2) is 67.0 Å². The molecule has 1 aromatic heterocycles. The molecule has 2 fully saturated rings. The number of pyridine rings is 1. The summed E-state index contributed by atoms with van der Waals surface area (Å²) in [6, 6.07) is 12.2. The number of rotatable bonds is 7. The van der Waals surface area contributed by atoms with Crippen molar-refractivity contribution in [3.8, 4) is 11.5 Å². The van der Waals surface area contributed by atoms with Crippen molar-refractivity contribution in [2.45, 2.75) is 38.3 Å². The Labute approximate surface area is 185 Å². The highest BCUT2D eigenvalue weighted by molar-refractivity contribution is 6.00. The van der Waals surface area contributed by atoms with Crippen LogP contribution in [0.2, 0.25) is 0 Å². The molecule has 3 heterocycles. The van der Waals surface area contributed by atoms with E-state index >= 15 is 0 Å². The van der Waals surface area contributed by atoms with Crippen LogP contribution in [0, 0.1) is 5.92 Å². The Morgan fingerprint density at radius 1 is 1.06 bits per heavy atom. The number of hydrogen-bond acceptors (Lipinski definition) is 6. The Kier molecular flexibility index (Phi) is 7.20. The summed E-state index contributed by atoms with van der Waals surface area (Å²) in [6.45, 7) is 5.03. The van der Waals surface area contributed by atoms with Gasteiger partial charge in [-0.25, -0.2) is 0 Å². The van der Waals surface area contributed by atoms with Crippen LogP contribution < -0.4 is 9.47 Å². The molecule has 31 heavy (non-hydrogen) atoms. The van der Waals surface area contributed by atoms with Gasteiger partial charge in [-0.15, -0.1) is 0 Å². The zero-order valence-electron chi connectivity index (χ0n) is 18.6. The lowest BCUT2D eigenvalue weighted by molar-refractivity contribution is 0.0581. The summed E-state index contributed by atoms with van der Waals surface area (Å²) < 4.78 is 10.8. The molecule has 0 radical (unpaired) electrons. The summed E-state index contributed by atoms with van der Waals surface area (Å²) >= 11 is 0. The van der Waals surface area contributed by atoms with Gasteiger partial charge in [0.05, 0.1) is 25.5 Å². The van der Waals surface area contributed by atoms with Crippen LogP contribution in [0.3, 0.4) is 0 Å². The molecule has 0 bridgehead atoms. The third-order valence-electron chi connectivity index (χ3n) is 6.68. The molecule has 0 amide bonds. The minimum Gasteiger partial charge on any atom is -0.497 e. The van der Waals surface area contributed by atoms with Gasteiger partial charge in [-0.1, -0.05) is 6.07 Å². The van der Waals surface area contributed by atoms with E-state index in [1.807, 2.05) is 24.4 Å². The molecule has 2 saturated heterocycles. The van der Waals surface area contributed by atoms with E-state index < -0.39 is 0 Å². The van der Waals surface area contributed by atoms with Gasteiger partial charge in [0.25, 0.3) is 0 Å². The first-order chi connectivity index (χ1) is 15.2. The molecule has 0 spiro atoms. The minimum absolute atomic E-state index is 0.0302. The average molecular weight is 424 g/mol. The van der Waals surface area contributed by atoms with Crippen molar-refractivity contribution < 1.29 is 14.3 Å². The molecular formula is C25H33N3O3. The molecule has 0 unspecified atom stereocenters. The molecule has 2 aromatic rings. The van der Waals surface area contributed by atoms with Gasteiger partial charge in [0.15, 0.2) is 5.78 Å². The lowest BCUT2D eigenvalue weighted by atomic mass is 9.88. The fourth-order valence-corrected chi connectivity index (χ4v) is 4.94. The Balaban J connectivity index is 1.34. The summed E-state index contributed by atoms with van der Waals surface area (Å²) in [5.41, 5.74) is 1.80. The number of carbonyl (C=O) groups excluding carboxylic acids is 1. The molecule has 6 nitrogen and oxygen atoms in total. The van der Waals surface area contributed by atoms with Crippen molar-refractivity contribution in [1.29, 1.82) is 0 Å². The number of benzene rings is 1. The van der Waals surface area contributed by atoms with Gasteiger partial charge < -0.3 is 9.47 Å². The SMILES string of the molecule is COc1ccc(C(=O)[C@@H]2CCCN(C3CCN(Cc4ccccn4)CC3)C2)c(OC)c1. The molecule has 166 valence electrons. The summed E-state index contributed by atoms with van der Waals surface area (Å²) in [5, 5.41) is 0. The Hall–Kier alpha value is -2.44. The summed E-state index contributed by atoms with van der Waals surface area (Å²) in [7, 11) is 3.23. The first-order valence-electron chi connectivity index (χ1n) is 11.3. The predicted molar refractivity (Wildman–Crippen MR) is 121 cm³/mol. The van der Waals surface area contributed by atoms with Gasteiger partial charge in [-0.2, -0.15) is 0 Å². The first kappa shape index (κ1) is 21.8. The molecule has 1 atom stereocenters. The van der Waals surface area contributed by atoms with Crippen molar-refractivity contribution in [3.63, 3.8) is 0 Å². The number of hydrogen-bond donors (Lipinski definition) is 0. The second-order valence-electron chi connectivity index (χ2n) is 8.59. The van der Waals surface area contributed by atoms with Gasteiger partial charge in [0, 0.05) is 50.4 Å². The number of nitrogens with zero attached hydrogens (tertiary/aromatic N) is 3. The Morgan fingerprint density at radius 3 is 2.61 bits per heavy atom. The Morgan fingerprint density at radius 2 is 1.90 bits per heavy atom. The lowest BCUT2D eigenvalue weighted by Crippen LogP contribution is -2.49. The first-order valence-corrected chi connectivity index (χ1v) is 11.3. The maximum atomic E-state index is 13.3. The van der Waals surface area contributed by atoms with E-state index in [1.54, 1.807) is 20.3 Å². The predicted octanol–water partition coefficient (Wildman–Crippen LogP) is 3.66.